The molecule has 252 valence electrons. The summed E-state index contributed by atoms with van der Waals surface area (Å²) in [7, 11) is 0. The Morgan fingerprint density at radius 3 is 1.65 bits per heavy atom. The van der Waals surface area contributed by atoms with Crippen molar-refractivity contribution in [3.63, 3.8) is 0 Å². The quantitative estimate of drug-likeness (QED) is 0.179. The molecule has 11 rings (SSSR count). The van der Waals surface area contributed by atoms with Crippen LogP contribution in [0.25, 0.3) is 104 Å². The van der Waals surface area contributed by atoms with Gasteiger partial charge in [0.05, 0.1) is 33.6 Å². The Kier molecular flexibility index (Phi) is 7.00. The number of hydrogen-bond acceptors (Lipinski definition) is 4. The lowest BCUT2D eigenvalue weighted by atomic mass is 10.0. The molecule has 7 aromatic carbocycles. The summed E-state index contributed by atoms with van der Waals surface area (Å²) in [6.45, 7) is 0. The van der Waals surface area contributed by atoms with E-state index in [1.165, 1.54) is 47.4 Å². The van der Waals surface area contributed by atoms with Crippen LogP contribution in [0.15, 0.2) is 182 Å². The molecule has 4 aromatic heterocycles. The van der Waals surface area contributed by atoms with Crippen molar-refractivity contribution in [2.45, 2.75) is 0 Å². The Hall–Kier alpha value is -6.95. The average Bonchev–Trinajstić information content (AvgIpc) is 3.81. The zero-order valence-electron chi connectivity index (χ0n) is 29.0. The van der Waals surface area contributed by atoms with E-state index in [-0.39, 0.29) is 0 Å². The standard InChI is InChI=1S/C49H30N4S/c1-2-12-31(13-3-1)41-30-42(52-49(51-41)34-26-28-35(29-27-34)53-43-19-9-5-14-36(43)37-15-6-10-20-44(37)53)32-22-24-33(25-23-32)47-46-39-17-7-11-21-45(39)54-48(46)38-16-4-8-18-40(38)50-47/h1-30H. The Labute approximate surface area is 315 Å². The van der Waals surface area contributed by atoms with Gasteiger partial charge in [-0.1, -0.05) is 127 Å². The smallest absolute Gasteiger partial charge is 0.160 e. The molecule has 0 bridgehead atoms. The summed E-state index contributed by atoms with van der Waals surface area (Å²) in [5, 5.41) is 6.14. The molecule has 0 unspecified atom stereocenters. The van der Waals surface area contributed by atoms with E-state index in [1.54, 1.807) is 0 Å². The van der Waals surface area contributed by atoms with Crippen molar-refractivity contribution in [2.75, 3.05) is 0 Å². The van der Waals surface area contributed by atoms with Crippen molar-refractivity contribution in [3.05, 3.63) is 182 Å². The molecule has 0 aliphatic carbocycles. The molecule has 54 heavy (non-hydrogen) atoms. The first-order valence-corrected chi connectivity index (χ1v) is 18.9. The summed E-state index contributed by atoms with van der Waals surface area (Å²) in [6.07, 6.45) is 0. The number of hydrogen-bond donors (Lipinski definition) is 0. The molecule has 0 fully saturated rings. The van der Waals surface area contributed by atoms with Gasteiger partial charge in [0, 0.05) is 64.3 Å². The molecule has 11 aromatic rings. The molecular weight excluding hydrogens is 677 g/mol. The van der Waals surface area contributed by atoms with Crippen LogP contribution in [-0.4, -0.2) is 19.5 Å². The minimum absolute atomic E-state index is 0.687. The van der Waals surface area contributed by atoms with E-state index in [4.69, 9.17) is 15.0 Å². The molecule has 0 aliphatic rings. The minimum Gasteiger partial charge on any atom is -0.309 e. The number of benzene rings is 7. The number of rotatable bonds is 5. The maximum atomic E-state index is 5.24. The van der Waals surface area contributed by atoms with Crippen molar-refractivity contribution >= 4 is 64.2 Å². The third-order valence-corrected chi connectivity index (χ3v) is 11.6. The average molecular weight is 707 g/mol. The summed E-state index contributed by atoms with van der Waals surface area (Å²) in [5.41, 5.74) is 11.3. The van der Waals surface area contributed by atoms with Crippen molar-refractivity contribution in [2.24, 2.45) is 0 Å². The van der Waals surface area contributed by atoms with Gasteiger partial charge < -0.3 is 4.57 Å². The van der Waals surface area contributed by atoms with Crippen LogP contribution in [0.4, 0.5) is 0 Å². The van der Waals surface area contributed by atoms with Crippen LogP contribution in [-0.2, 0) is 0 Å². The first-order chi connectivity index (χ1) is 26.8. The summed E-state index contributed by atoms with van der Waals surface area (Å²) < 4.78 is 4.88. The van der Waals surface area contributed by atoms with E-state index in [1.807, 2.05) is 17.4 Å². The Morgan fingerprint density at radius 2 is 0.944 bits per heavy atom. The topological polar surface area (TPSA) is 43.6 Å². The van der Waals surface area contributed by atoms with E-state index in [0.717, 1.165) is 50.5 Å². The summed E-state index contributed by atoms with van der Waals surface area (Å²) in [5.74, 6) is 0.687. The van der Waals surface area contributed by atoms with E-state index < -0.39 is 0 Å². The van der Waals surface area contributed by atoms with Crippen LogP contribution in [0.2, 0.25) is 0 Å². The van der Waals surface area contributed by atoms with Crippen LogP contribution in [0.3, 0.4) is 0 Å². The summed E-state index contributed by atoms with van der Waals surface area (Å²) in [4.78, 5) is 15.5. The second-order valence-corrected chi connectivity index (χ2v) is 14.7. The highest BCUT2D eigenvalue weighted by Gasteiger charge is 2.17. The molecule has 0 amide bonds. The van der Waals surface area contributed by atoms with Crippen LogP contribution in [0.5, 0.6) is 0 Å². The van der Waals surface area contributed by atoms with Crippen molar-refractivity contribution in [1.82, 2.24) is 19.5 Å². The fourth-order valence-corrected chi connectivity index (χ4v) is 9.10. The number of nitrogens with zero attached hydrogens (tertiary/aromatic N) is 4. The lowest BCUT2D eigenvalue weighted by Crippen LogP contribution is -1.97. The van der Waals surface area contributed by atoms with Gasteiger partial charge in [-0.2, -0.15) is 0 Å². The van der Waals surface area contributed by atoms with Gasteiger partial charge in [0.25, 0.3) is 0 Å². The number of pyridine rings is 1. The SMILES string of the molecule is c1ccc(-c2cc(-c3ccc(-c4nc5ccccc5c5sc6ccccc6c45)cc3)nc(-c3ccc(-n4c5ccccc5c5ccccc54)cc3)n2)cc1. The fourth-order valence-electron chi connectivity index (χ4n) is 7.86. The number of thiophene rings is 1. The van der Waals surface area contributed by atoms with Gasteiger partial charge in [-0.15, -0.1) is 11.3 Å². The lowest BCUT2D eigenvalue weighted by molar-refractivity contribution is 1.16. The first kappa shape index (κ1) is 30.7. The van der Waals surface area contributed by atoms with Gasteiger partial charge in [-0.25, -0.2) is 15.0 Å². The number of fused-ring (bicyclic) bond motifs is 8. The largest absolute Gasteiger partial charge is 0.309 e. The molecule has 0 spiro atoms. The van der Waals surface area contributed by atoms with Crippen molar-refractivity contribution in [3.8, 4) is 50.8 Å². The number of para-hydroxylation sites is 3. The first-order valence-electron chi connectivity index (χ1n) is 18.1. The molecule has 5 heteroatoms. The van der Waals surface area contributed by atoms with Crippen molar-refractivity contribution < 1.29 is 0 Å². The normalized spacial score (nSPS) is 11.7. The second kappa shape index (κ2) is 12.3. The third kappa shape index (κ3) is 4.94. The molecular formula is C49H30N4S. The van der Waals surface area contributed by atoms with Gasteiger partial charge in [0.2, 0.25) is 0 Å². The Morgan fingerprint density at radius 1 is 0.407 bits per heavy atom. The molecule has 4 heterocycles. The van der Waals surface area contributed by atoms with Crippen LogP contribution < -0.4 is 0 Å². The maximum Gasteiger partial charge on any atom is 0.160 e. The summed E-state index contributed by atoms with van der Waals surface area (Å²) in [6, 6.07) is 64.1. The highest BCUT2D eigenvalue weighted by molar-refractivity contribution is 7.26. The molecule has 0 aliphatic heterocycles. The summed E-state index contributed by atoms with van der Waals surface area (Å²) >= 11 is 1.84. The fraction of sp³-hybridized carbons (Fsp3) is 0. The Balaban J connectivity index is 1.02. The molecule has 0 saturated heterocycles. The van der Waals surface area contributed by atoms with Gasteiger partial charge in [-0.3, -0.25) is 0 Å². The molecule has 4 nitrogen and oxygen atoms in total. The van der Waals surface area contributed by atoms with Crippen LogP contribution >= 0.6 is 11.3 Å². The highest BCUT2D eigenvalue weighted by atomic mass is 32.1. The third-order valence-electron chi connectivity index (χ3n) is 10.4. The lowest BCUT2D eigenvalue weighted by Gasteiger charge is -2.12. The predicted octanol–water partition coefficient (Wildman–Crippen LogP) is 13.2. The van der Waals surface area contributed by atoms with Crippen LogP contribution in [0.1, 0.15) is 0 Å². The molecule has 0 N–H and O–H groups in total. The van der Waals surface area contributed by atoms with E-state index in [0.29, 0.717) is 5.82 Å². The molecule has 0 radical (unpaired) electrons. The monoisotopic (exact) mass is 706 g/mol. The predicted molar refractivity (Wildman–Crippen MR) is 226 cm³/mol. The van der Waals surface area contributed by atoms with Gasteiger partial charge in [0.1, 0.15) is 0 Å². The van der Waals surface area contributed by atoms with Gasteiger partial charge in [0.15, 0.2) is 5.82 Å². The zero-order chi connectivity index (χ0) is 35.6. The molecule has 0 saturated carbocycles. The maximum absolute atomic E-state index is 5.24. The van der Waals surface area contributed by atoms with Crippen molar-refractivity contribution in [1.29, 1.82) is 0 Å². The van der Waals surface area contributed by atoms with Gasteiger partial charge in [-0.05, 0) is 54.6 Å². The number of aromatic nitrogens is 4. The van der Waals surface area contributed by atoms with E-state index in [9.17, 15) is 0 Å². The molecule has 0 atom stereocenters. The second-order valence-electron chi connectivity index (χ2n) is 13.6. The highest BCUT2D eigenvalue weighted by Crippen LogP contribution is 2.43. The minimum atomic E-state index is 0.687. The Bertz CT molecular complexity index is 3140. The van der Waals surface area contributed by atoms with E-state index in [2.05, 4.69) is 180 Å². The van der Waals surface area contributed by atoms with Crippen LogP contribution in [0, 0.1) is 0 Å². The van der Waals surface area contributed by atoms with E-state index >= 15 is 0 Å². The zero-order valence-corrected chi connectivity index (χ0v) is 29.8. The van der Waals surface area contributed by atoms with Gasteiger partial charge >= 0.3 is 0 Å².